The Labute approximate surface area is 59.7 Å². The SMILES string of the molecule is Oc1cccc2c1[B]OC2. The minimum Gasteiger partial charge on any atom is -0.508 e. The van der Waals surface area contributed by atoms with Gasteiger partial charge in [-0.1, -0.05) is 12.1 Å². The van der Waals surface area contributed by atoms with Crippen molar-refractivity contribution in [2.24, 2.45) is 0 Å². The van der Waals surface area contributed by atoms with Crippen LogP contribution in [0.4, 0.5) is 0 Å². The van der Waals surface area contributed by atoms with Gasteiger partial charge in [0.25, 0.3) is 0 Å². The van der Waals surface area contributed by atoms with Crippen LogP contribution in [0.25, 0.3) is 0 Å². The second-order valence-corrected chi connectivity index (χ2v) is 2.28. The predicted molar refractivity (Wildman–Crippen MR) is 38.3 cm³/mol. The molecule has 0 spiro atoms. The van der Waals surface area contributed by atoms with Gasteiger partial charge in [-0.25, -0.2) is 0 Å². The summed E-state index contributed by atoms with van der Waals surface area (Å²) in [6.45, 7) is 0.587. The Balaban J connectivity index is 2.59. The zero-order valence-electron chi connectivity index (χ0n) is 5.37. The Morgan fingerprint density at radius 2 is 2.40 bits per heavy atom. The van der Waals surface area contributed by atoms with Crippen molar-refractivity contribution in [3.8, 4) is 5.75 Å². The molecule has 0 bridgehead atoms. The number of hydrogen-bond acceptors (Lipinski definition) is 2. The van der Waals surface area contributed by atoms with Gasteiger partial charge < -0.3 is 9.76 Å². The number of aromatic hydroxyl groups is 1. The molecule has 3 heteroatoms. The summed E-state index contributed by atoms with van der Waals surface area (Å²) in [5.41, 5.74) is 1.88. The van der Waals surface area contributed by atoms with Crippen LogP contribution in [-0.4, -0.2) is 12.6 Å². The average Bonchev–Trinajstić information content (AvgIpc) is 2.36. The van der Waals surface area contributed by atoms with Crippen LogP contribution >= 0.6 is 0 Å². The molecule has 0 amide bonds. The van der Waals surface area contributed by atoms with Crippen molar-refractivity contribution in [3.05, 3.63) is 23.8 Å². The molecule has 1 aliphatic rings. The van der Waals surface area contributed by atoms with Gasteiger partial charge in [-0.2, -0.15) is 0 Å². The maximum absolute atomic E-state index is 9.22. The fraction of sp³-hybridized carbons (Fsp3) is 0.143. The Morgan fingerprint density at radius 3 is 3.20 bits per heavy atom. The zero-order chi connectivity index (χ0) is 6.97. The van der Waals surface area contributed by atoms with Gasteiger partial charge in [0.05, 0.1) is 6.61 Å². The molecule has 0 fully saturated rings. The molecule has 1 radical (unpaired) electrons. The lowest BCUT2D eigenvalue weighted by atomic mass is 9.86. The second-order valence-electron chi connectivity index (χ2n) is 2.28. The number of fused-ring (bicyclic) bond motifs is 1. The second kappa shape index (κ2) is 2.02. The fourth-order valence-corrected chi connectivity index (χ4v) is 1.08. The summed E-state index contributed by atoms with van der Waals surface area (Å²) in [7, 11) is 1.59. The number of benzene rings is 1. The van der Waals surface area contributed by atoms with E-state index in [4.69, 9.17) is 4.65 Å². The highest BCUT2D eigenvalue weighted by Gasteiger charge is 2.15. The van der Waals surface area contributed by atoms with Crippen LogP contribution in [0.1, 0.15) is 5.56 Å². The molecule has 2 nitrogen and oxygen atoms in total. The van der Waals surface area contributed by atoms with E-state index in [1.54, 1.807) is 13.5 Å². The Morgan fingerprint density at radius 1 is 1.50 bits per heavy atom. The summed E-state index contributed by atoms with van der Waals surface area (Å²) in [5, 5.41) is 9.22. The lowest BCUT2D eigenvalue weighted by molar-refractivity contribution is 0.345. The van der Waals surface area contributed by atoms with E-state index in [1.165, 1.54) is 0 Å². The summed E-state index contributed by atoms with van der Waals surface area (Å²) in [4.78, 5) is 0. The van der Waals surface area contributed by atoms with Crippen molar-refractivity contribution in [2.45, 2.75) is 6.61 Å². The predicted octanol–water partition coefficient (Wildman–Crippen LogP) is 0.167. The van der Waals surface area contributed by atoms with Crippen LogP contribution in [0.2, 0.25) is 0 Å². The van der Waals surface area contributed by atoms with E-state index in [-0.39, 0.29) is 0 Å². The number of rotatable bonds is 0. The molecule has 2 rings (SSSR count). The molecular formula is C7H6BO2. The summed E-state index contributed by atoms with van der Waals surface area (Å²) in [5.74, 6) is 0.301. The first-order valence-electron chi connectivity index (χ1n) is 3.13. The first-order chi connectivity index (χ1) is 4.88. The molecule has 1 aromatic carbocycles. The minimum atomic E-state index is 0.301. The molecule has 10 heavy (non-hydrogen) atoms. The number of hydrogen-bond donors (Lipinski definition) is 1. The quantitative estimate of drug-likeness (QED) is 0.511. The highest BCUT2D eigenvalue weighted by molar-refractivity contribution is 6.50. The van der Waals surface area contributed by atoms with Crippen molar-refractivity contribution < 1.29 is 9.76 Å². The highest BCUT2D eigenvalue weighted by atomic mass is 16.4. The topological polar surface area (TPSA) is 29.5 Å². The fourth-order valence-electron chi connectivity index (χ4n) is 1.08. The zero-order valence-corrected chi connectivity index (χ0v) is 5.37. The molecule has 0 saturated heterocycles. The normalized spacial score (nSPS) is 14.4. The van der Waals surface area contributed by atoms with Crippen LogP contribution in [0.5, 0.6) is 5.75 Å². The number of phenols is 1. The molecule has 1 aliphatic heterocycles. The first kappa shape index (κ1) is 5.80. The van der Waals surface area contributed by atoms with Gasteiger partial charge in [0.15, 0.2) is 0 Å². The molecule has 0 atom stereocenters. The van der Waals surface area contributed by atoms with Gasteiger partial charge in [0, 0.05) is 0 Å². The third kappa shape index (κ3) is 0.710. The molecule has 1 N–H and O–H groups in total. The summed E-state index contributed by atoms with van der Waals surface area (Å²) in [6, 6.07) is 5.42. The lowest BCUT2D eigenvalue weighted by Gasteiger charge is -1.96. The maximum atomic E-state index is 9.22. The highest BCUT2D eigenvalue weighted by Crippen LogP contribution is 2.12. The van der Waals surface area contributed by atoms with E-state index >= 15 is 0 Å². The molecule has 1 heterocycles. The van der Waals surface area contributed by atoms with Gasteiger partial charge in [-0.05, 0) is 17.1 Å². The Kier molecular flexibility index (Phi) is 1.17. The van der Waals surface area contributed by atoms with Crippen molar-refractivity contribution in [2.75, 3.05) is 0 Å². The van der Waals surface area contributed by atoms with Crippen LogP contribution in [-0.2, 0) is 11.3 Å². The maximum Gasteiger partial charge on any atom is 0.334 e. The van der Waals surface area contributed by atoms with E-state index in [1.807, 2.05) is 12.1 Å². The largest absolute Gasteiger partial charge is 0.508 e. The lowest BCUT2D eigenvalue weighted by Crippen LogP contribution is -2.11. The summed E-state index contributed by atoms with van der Waals surface area (Å²) >= 11 is 0. The van der Waals surface area contributed by atoms with Crippen molar-refractivity contribution in [1.82, 2.24) is 0 Å². The Hall–Kier alpha value is -0.955. The standard InChI is InChI=1S/C7H6BO2/c9-6-3-1-2-5-4-10-8-7(5)6/h1-3,9H,4H2. The van der Waals surface area contributed by atoms with Crippen molar-refractivity contribution in [1.29, 1.82) is 0 Å². The third-order valence-corrected chi connectivity index (χ3v) is 1.61. The molecule has 0 aromatic heterocycles. The molecule has 49 valence electrons. The van der Waals surface area contributed by atoms with Crippen LogP contribution in [0.3, 0.4) is 0 Å². The van der Waals surface area contributed by atoms with E-state index in [9.17, 15) is 5.11 Å². The smallest absolute Gasteiger partial charge is 0.334 e. The van der Waals surface area contributed by atoms with Gasteiger partial charge in [0.2, 0.25) is 0 Å². The van der Waals surface area contributed by atoms with Crippen LogP contribution < -0.4 is 5.46 Å². The van der Waals surface area contributed by atoms with Crippen molar-refractivity contribution in [3.63, 3.8) is 0 Å². The van der Waals surface area contributed by atoms with Gasteiger partial charge in [-0.3, -0.25) is 0 Å². The van der Waals surface area contributed by atoms with E-state index in [0.29, 0.717) is 12.4 Å². The van der Waals surface area contributed by atoms with E-state index in [2.05, 4.69) is 0 Å². The molecular weight excluding hydrogens is 127 g/mol. The molecule has 1 aromatic rings. The van der Waals surface area contributed by atoms with Gasteiger partial charge in [0.1, 0.15) is 5.75 Å². The van der Waals surface area contributed by atoms with Crippen molar-refractivity contribution >= 4 is 12.9 Å². The van der Waals surface area contributed by atoms with Crippen LogP contribution in [0.15, 0.2) is 18.2 Å². The molecule has 0 aliphatic carbocycles. The summed E-state index contributed by atoms with van der Waals surface area (Å²) in [6.07, 6.45) is 0. The van der Waals surface area contributed by atoms with E-state index < -0.39 is 0 Å². The van der Waals surface area contributed by atoms with Gasteiger partial charge in [-0.15, -0.1) is 0 Å². The minimum absolute atomic E-state index is 0.301. The van der Waals surface area contributed by atoms with Gasteiger partial charge >= 0.3 is 7.48 Å². The first-order valence-corrected chi connectivity index (χ1v) is 3.13. The third-order valence-electron chi connectivity index (χ3n) is 1.61. The van der Waals surface area contributed by atoms with E-state index in [0.717, 1.165) is 11.0 Å². The molecule has 0 saturated carbocycles. The monoisotopic (exact) mass is 133 g/mol. The summed E-state index contributed by atoms with van der Waals surface area (Å²) < 4.78 is 5.01. The number of phenolic OH excluding ortho intramolecular Hbond substituents is 1. The average molecular weight is 133 g/mol. The Bertz CT molecular complexity index is 260. The molecule has 0 unspecified atom stereocenters. The van der Waals surface area contributed by atoms with Crippen LogP contribution in [0, 0.1) is 0 Å².